The molecular weight excluding hydrogens is 356 g/mol. The molecule has 1 saturated carbocycles. The van der Waals surface area contributed by atoms with Crippen LogP contribution < -0.4 is 10.6 Å². The second-order valence-corrected chi connectivity index (χ2v) is 7.75. The molecular formula is C22H32N2O4. The van der Waals surface area contributed by atoms with E-state index < -0.39 is 12.0 Å². The summed E-state index contributed by atoms with van der Waals surface area (Å²) in [5.41, 5.74) is 0.943. The van der Waals surface area contributed by atoms with E-state index in [2.05, 4.69) is 10.6 Å². The zero-order valence-electron chi connectivity index (χ0n) is 16.9. The highest BCUT2D eigenvalue weighted by Gasteiger charge is 2.24. The van der Waals surface area contributed by atoms with E-state index >= 15 is 0 Å². The Morgan fingerprint density at radius 1 is 1.04 bits per heavy atom. The summed E-state index contributed by atoms with van der Waals surface area (Å²) in [6, 6.07) is 9.02. The van der Waals surface area contributed by atoms with E-state index in [0.717, 1.165) is 18.4 Å². The predicted octanol–water partition coefficient (Wildman–Crippen LogP) is 2.75. The van der Waals surface area contributed by atoms with Gasteiger partial charge in [-0.15, -0.1) is 0 Å². The summed E-state index contributed by atoms with van der Waals surface area (Å²) in [4.78, 5) is 36.6. The molecule has 1 aromatic carbocycles. The molecule has 2 amide bonds. The number of ether oxygens (including phenoxy) is 1. The summed E-state index contributed by atoms with van der Waals surface area (Å²) in [7, 11) is 1.31. The first kappa shape index (κ1) is 21.9. The van der Waals surface area contributed by atoms with Gasteiger partial charge in [0.2, 0.25) is 11.8 Å². The summed E-state index contributed by atoms with van der Waals surface area (Å²) in [5, 5.41) is 5.84. The van der Waals surface area contributed by atoms with Gasteiger partial charge >= 0.3 is 5.97 Å². The average molecular weight is 389 g/mol. The van der Waals surface area contributed by atoms with Crippen LogP contribution >= 0.6 is 0 Å². The van der Waals surface area contributed by atoms with Gasteiger partial charge in [0.1, 0.15) is 6.04 Å². The first-order valence-electron chi connectivity index (χ1n) is 10.2. The fraction of sp³-hybridized carbons (Fsp3) is 0.591. The van der Waals surface area contributed by atoms with Gasteiger partial charge in [0.05, 0.1) is 7.11 Å². The summed E-state index contributed by atoms with van der Waals surface area (Å²) in [6.07, 6.45) is 6.54. The summed E-state index contributed by atoms with van der Waals surface area (Å²) < 4.78 is 4.82. The quantitative estimate of drug-likeness (QED) is 0.637. The monoisotopic (exact) mass is 388 g/mol. The van der Waals surface area contributed by atoms with Crippen molar-refractivity contribution in [1.82, 2.24) is 10.6 Å². The van der Waals surface area contributed by atoms with Gasteiger partial charge in [-0.3, -0.25) is 9.59 Å². The van der Waals surface area contributed by atoms with Crippen molar-refractivity contribution in [3.63, 3.8) is 0 Å². The SMILES string of the molecule is COC(=O)C(Cc1ccccc1)NC(=O)CC(C)CC(=O)NC1CCCCC1. The number of hydrogen-bond acceptors (Lipinski definition) is 4. The summed E-state index contributed by atoms with van der Waals surface area (Å²) in [5.74, 6) is -0.816. The van der Waals surface area contributed by atoms with Crippen LogP contribution in [0.2, 0.25) is 0 Å². The lowest BCUT2D eigenvalue weighted by atomic mass is 9.95. The van der Waals surface area contributed by atoms with E-state index in [1.165, 1.54) is 26.4 Å². The van der Waals surface area contributed by atoms with E-state index in [0.29, 0.717) is 12.8 Å². The van der Waals surface area contributed by atoms with Gasteiger partial charge in [-0.2, -0.15) is 0 Å². The van der Waals surface area contributed by atoms with E-state index in [-0.39, 0.29) is 30.2 Å². The number of hydrogen-bond donors (Lipinski definition) is 2. The first-order valence-corrected chi connectivity index (χ1v) is 10.2. The van der Waals surface area contributed by atoms with Crippen molar-refractivity contribution < 1.29 is 19.1 Å². The van der Waals surface area contributed by atoms with Crippen molar-refractivity contribution >= 4 is 17.8 Å². The van der Waals surface area contributed by atoms with E-state index in [1.54, 1.807) is 0 Å². The molecule has 0 spiro atoms. The van der Waals surface area contributed by atoms with Crippen molar-refractivity contribution in [3.8, 4) is 0 Å². The number of benzene rings is 1. The standard InChI is InChI=1S/C22H32N2O4/c1-16(13-20(25)23-18-11-7-4-8-12-18)14-21(26)24-19(22(27)28-2)15-17-9-5-3-6-10-17/h3,5-6,9-10,16,18-19H,4,7-8,11-15H2,1-2H3,(H,23,25)(H,24,26). The normalized spacial score (nSPS) is 16.6. The third-order valence-corrected chi connectivity index (χ3v) is 5.14. The van der Waals surface area contributed by atoms with Crippen LogP contribution in [0.25, 0.3) is 0 Å². The van der Waals surface area contributed by atoms with Crippen molar-refractivity contribution in [2.24, 2.45) is 5.92 Å². The molecule has 2 rings (SSSR count). The maximum atomic E-state index is 12.4. The predicted molar refractivity (Wildman–Crippen MR) is 108 cm³/mol. The zero-order valence-corrected chi connectivity index (χ0v) is 16.9. The molecule has 0 saturated heterocycles. The Balaban J connectivity index is 1.80. The maximum absolute atomic E-state index is 12.4. The Morgan fingerprint density at radius 2 is 1.68 bits per heavy atom. The molecule has 6 nitrogen and oxygen atoms in total. The molecule has 1 aromatic rings. The highest BCUT2D eigenvalue weighted by atomic mass is 16.5. The van der Waals surface area contributed by atoms with Crippen LogP contribution in [0.3, 0.4) is 0 Å². The molecule has 1 aliphatic rings. The summed E-state index contributed by atoms with van der Waals surface area (Å²) >= 11 is 0. The minimum absolute atomic E-state index is 0.000929. The minimum Gasteiger partial charge on any atom is -0.467 e. The Labute approximate surface area is 167 Å². The molecule has 0 heterocycles. The number of methoxy groups -OCH3 is 1. The van der Waals surface area contributed by atoms with Crippen molar-refractivity contribution in [2.75, 3.05) is 7.11 Å². The van der Waals surface area contributed by atoms with E-state index in [9.17, 15) is 14.4 Å². The Kier molecular flexibility index (Phi) is 8.98. The Morgan fingerprint density at radius 3 is 2.32 bits per heavy atom. The molecule has 154 valence electrons. The second-order valence-electron chi connectivity index (χ2n) is 7.75. The topological polar surface area (TPSA) is 84.5 Å². The van der Waals surface area contributed by atoms with Gasteiger partial charge in [0, 0.05) is 25.3 Å². The lowest BCUT2D eigenvalue weighted by Crippen LogP contribution is -2.43. The molecule has 2 atom stereocenters. The molecule has 1 aliphatic carbocycles. The van der Waals surface area contributed by atoms with Crippen molar-refractivity contribution in [1.29, 1.82) is 0 Å². The second kappa shape index (κ2) is 11.5. The lowest BCUT2D eigenvalue weighted by Gasteiger charge is -2.23. The lowest BCUT2D eigenvalue weighted by molar-refractivity contribution is -0.145. The number of carbonyl (C=O) groups excluding carboxylic acids is 3. The van der Waals surface area contributed by atoms with E-state index in [4.69, 9.17) is 4.74 Å². The number of nitrogens with one attached hydrogen (secondary N) is 2. The van der Waals surface area contributed by atoms with Gasteiger partial charge in [-0.05, 0) is 24.3 Å². The van der Waals surface area contributed by atoms with Gasteiger partial charge < -0.3 is 15.4 Å². The van der Waals surface area contributed by atoms with Gasteiger partial charge in [0.15, 0.2) is 0 Å². The molecule has 0 aliphatic heterocycles. The molecule has 2 unspecified atom stereocenters. The molecule has 0 aromatic heterocycles. The number of esters is 1. The third kappa shape index (κ3) is 7.71. The largest absolute Gasteiger partial charge is 0.467 e. The molecule has 2 N–H and O–H groups in total. The number of amides is 2. The van der Waals surface area contributed by atoms with Crippen LogP contribution in [0.5, 0.6) is 0 Å². The Bertz CT molecular complexity index is 641. The third-order valence-electron chi connectivity index (χ3n) is 5.14. The number of carbonyl (C=O) groups is 3. The zero-order chi connectivity index (χ0) is 20.4. The van der Waals surface area contributed by atoms with Crippen LogP contribution in [0.1, 0.15) is 57.4 Å². The van der Waals surface area contributed by atoms with Crippen LogP contribution in [-0.2, 0) is 25.5 Å². The smallest absolute Gasteiger partial charge is 0.328 e. The molecule has 0 bridgehead atoms. The highest BCUT2D eigenvalue weighted by molar-refractivity contribution is 5.85. The van der Waals surface area contributed by atoms with Crippen LogP contribution in [0, 0.1) is 5.92 Å². The van der Waals surface area contributed by atoms with Crippen molar-refractivity contribution in [2.45, 2.75) is 70.4 Å². The first-order chi connectivity index (χ1) is 13.5. The fourth-order valence-corrected chi connectivity index (χ4v) is 3.68. The summed E-state index contributed by atoms with van der Waals surface area (Å²) in [6.45, 7) is 1.88. The molecule has 0 radical (unpaired) electrons. The van der Waals surface area contributed by atoms with Crippen LogP contribution in [0.15, 0.2) is 30.3 Å². The van der Waals surface area contributed by atoms with Crippen molar-refractivity contribution in [3.05, 3.63) is 35.9 Å². The van der Waals surface area contributed by atoms with Gasteiger partial charge in [-0.25, -0.2) is 4.79 Å². The fourth-order valence-electron chi connectivity index (χ4n) is 3.68. The van der Waals surface area contributed by atoms with Gasteiger partial charge in [-0.1, -0.05) is 56.5 Å². The maximum Gasteiger partial charge on any atom is 0.328 e. The number of rotatable bonds is 9. The van der Waals surface area contributed by atoms with Crippen LogP contribution in [-0.4, -0.2) is 37.0 Å². The van der Waals surface area contributed by atoms with Crippen LogP contribution in [0.4, 0.5) is 0 Å². The molecule has 1 fully saturated rings. The van der Waals surface area contributed by atoms with Gasteiger partial charge in [0.25, 0.3) is 0 Å². The van der Waals surface area contributed by atoms with E-state index in [1.807, 2.05) is 37.3 Å². The average Bonchev–Trinajstić information content (AvgIpc) is 2.68. The molecule has 6 heteroatoms. The molecule has 28 heavy (non-hydrogen) atoms. The highest BCUT2D eigenvalue weighted by Crippen LogP contribution is 2.18. The Hall–Kier alpha value is -2.37. The minimum atomic E-state index is -0.733.